The molecule has 1 atom stereocenters. The van der Waals surface area contributed by atoms with Crippen molar-refractivity contribution in [1.29, 1.82) is 0 Å². The number of rotatable bonds is 5. The number of hydrogen-bond donors (Lipinski definition) is 1. The molecule has 1 nitrogen and oxygen atoms in total. The highest BCUT2D eigenvalue weighted by atomic mass is 35.5. The molecular weight excluding hydrogens is 335 g/mol. The molecule has 3 heteroatoms. The molecule has 0 aliphatic heterocycles. The molecule has 1 aromatic rings. The number of benzene rings is 1. The van der Waals surface area contributed by atoms with Crippen LogP contribution in [-0.4, -0.2) is 5.11 Å². The van der Waals surface area contributed by atoms with E-state index in [2.05, 4.69) is 12.7 Å². The minimum Gasteiger partial charge on any atom is -0.506 e. The zero-order valence-electron chi connectivity index (χ0n) is 14.8. The molecule has 3 rings (SSSR count). The molecule has 0 bridgehead atoms. The summed E-state index contributed by atoms with van der Waals surface area (Å²) in [5, 5.41) is 9.35. The zero-order chi connectivity index (χ0) is 17.8. The molecule has 0 spiro atoms. The van der Waals surface area contributed by atoms with Gasteiger partial charge in [0.05, 0.1) is 0 Å². The van der Waals surface area contributed by atoms with Gasteiger partial charge in [-0.15, -0.1) is 6.58 Å². The van der Waals surface area contributed by atoms with Crippen LogP contribution in [0.5, 0.6) is 5.75 Å². The molecule has 1 saturated carbocycles. The first kappa shape index (κ1) is 18.5. The molecule has 0 amide bonds. The summed E-state index contributed by atoms with van der Waals surface area (Å²) >= 11 is 5.84. The van der Waals surface area contributed by atoms with Crippen LogP contribution in [0.25, 0.3) is 5.57 Å². The molecule has 1 fully saturated rings. The molecule has 0 heterocycles. The van der Waals surface area contributed by atoms with Crippen molar-refractivity contribution >= 4 is 17.2 Å². The van der Waals surface area contributed by atoms with Crippen LogP contribution in [0.15, 0.2) is 30.9 Å². The van der Waals surface area contributed by atoms with Crippen LogP contribution in [-0.2, 0) is 0 Å². The maximum atomic E-state index is 14.3. The summed E-state index contributed by atoms with van der Waals surface area (Å²) in [5.41, 5.74) is 1.59. The highest BCUT2D eigenvalue weighted by molar-refractivity contribution is 6.32. The lowest BCUT2D eigenvalue weighted by Crippen LogP contribution is -2.23. The normalized spacial score (nSPS) is 27.0. The van der Waals surface area contributed by atoms with E-state index < -0.39 is 5.82 Å². The number of hydrogen-bond acceptors (Lipinski definition) is 1. The topological polar surface area (TPSA) is 20.2 Å². The van der Waals surface area contributed by atoms with Crippen LogP contribution in [0, 0.1) is 23.6 Å². The first-order valence-corrected chi connectivity index (χ1v) is 9.95. The first-order valence-electron chi connectivity index (χ1n) is 9.57. The van der Waals surface area contributed by atoms with E-state index in [9.17, 15) is 9.50 Å². The minimum absolute atomic E-state index is 0.168. The van der Waals surface area contributed by atoms with Gasteiger partial charge in [0.25, 0.3) is 0 Å². The van der Waals surface area contributed by atoms with Crippen LogP contribution < -0.4 is 0 Å². The van der Waals surface area contributed by atoms with E-state index in [1.165, 1.54) is 38.2 Å². The smallest absolute Gasteiger partial charge is 0.153 e. The third-order valence-corrected chi connectivity index (χ3v) is 6.56. The Morgan fingerprint density at radius 2 is 1.92 bits per heavy atom. The lowest BCUT2D eigenvalue weighted by molar-refractivity contribution is 0.190. The Hall–Kier alpha value is -1.28. The lowest BCUT2D eigenvalue weighted by Gasteiger charge is -2.35. The van der Waals surface area contributed by atoms with Gasteiger partial charge < -0.3 is 5.11 Å². The average molecular weight is 363 g/mol. The Bertz CT molecular complexity index is 644. The summed E-state index contributed by atoms with van der Waals surface area (Å²) in [6.07, 6.45) is 15.1. The Kier molecular flexibility index (Phi) is 6.22. The van der Waals surface area contributed by atoms with E-state index in [1.807, 2.05) is 6.08 Å². The summed E-state index contributed by atoms with van der Waals surface area (Å²) in [5.74, 6) is 1.77. The summed E-state index contributed by atoms with van der Waals surface area (Å²) in [4.78, 5) is 0. The van der Waals surface area contributed by atoms with Crippen LogP contribution in [0.3, 0.4) is 0 Å². The molecule has 25 heavy (non-hydrogen) atoms. The average Bonchev–Trinajstić information content (AvgIpc) is 2.65. The molecule has 1 aromatic carbocycles. The molecule has 0 aromatic heterocycles. The van der Waals surface area contributed by atoms with E-state index in [0.29, 0.717) is 5.56 Å². The van der Waals surface area contributed by atoms with Gasteiger partial charge in [-0.2, -0.15) is 0 Å². The van der Waals surface area contributed by atoms with Crippen LogP contribution >= 0.6 is 11.6 Å². The summed E-state index contributed by atoms with van der Waals surface area (Å²) in [6, 6.07) is 3.13. The summed E-state index contributed by atoms with van der Waals surface area (Å²) in [7, 11) is 0. The molecule has 2 aliphatic rings. The van der Waals surface area contributed by atoms with Crippen molar-refractivity contribution < 1.29 is 9.50 Å². The number of phenolic OH excluding ortho intramolecular Hbond substituents is 1. The molecule has 136 valence electrons. The molecule has 2 aliphatic carbocycles. The van der Waals surface area contributed by atoms with E-state index in [4.69, 9.17) is 11.6 Å². The van der Waals surface area contributed by atoms with Gasteiger partial charge in [0, 0.05) is 5.56 Å². The van der Waals surface area contributed by atoms with Crippen molar-refractivity contribution in [3.8, 4) is 5.75 Å². The van der Waals surface area contributed by atoms with Crippen molar-refractivity contribution in [2.75, 3.05) is 0 Å². The number of allylic oxidation sites excluding steroid dienone is 3. The number of aromatic hydroxyl groups is 1. The van der Waals surface area contributed by atoms with Gasteiger partial charge in [-0.3, -0.25) is 0 Å². The Balaban J connectivity index is 1.58. The monoisotopic (exact) mass is 362 g/mol. The fraction of sp³-hybridized carbons (Fsp3) is 0.545. The summed E-state index contributed by atoms with van der Waals surface area (Å²) in [6.45, 7) is 3.83. The minimum atomic E-state index is -0.492. The third-order valence-electron chi connectivity index (χ3n) is 6.20. The van der Waals surface area contributed by atoms with Crippen LogP contribution in [0.1, 0.15) is 63.4 Å². The lowest BCUT2D eigenvalue weighted by atomic mass is 9.70. The van der Waals surface area contributed by atoms with Crippen molar-refractivity contribution in [3.63, 3.8) is 0 Å². The highest BCUT2D eigenvalue weighted by Crippen LogP contribution is 2.43. The molecule has 1 N–H and O–H groups in total. The van der Waals surface area contributed by atoms with Gasteiger partial charge in [0.1, 0.15) is 10.8 Å². The predicted molar refractivity (Wildman–Crippen MR) is 103 cm³/mol. The molecule has 0 radical (unpaired) electrons. The van der Waals surface area contributed by atoms with Crippen molar-refractivity contribution in [3.05, 3.63) is 47.3 Å². The maximum absolute atomic E-state index is 14.3. The first-order chi connectivity index (χ1) is 12.1. The van der Waals surface area contributed by atoms with Crippen LogP contribution in [0.4, 0.5) is 4.39 Å². The predicted octanol–water partition coefficient (Wildman–Crippen LogP) is 7.14. The van der Waals surface area contributed by atoms with Gasteiger partial charge in [0.15, 0.2) is 5.82 Å². The molecule has 0 saturated heterocycles. The third kappa shape index (κ3) is 4.28. The van der Waals surface area contributed by atoms with E-state index in [0.717, 1.165) is 49.0 Å². The van der Waals surface area contributed by atoms with Gasteiger partial charge in [0.2, 0.25) is 0 Å². The van der Waals surface area contributed by atoms with E-state index in [1.54, 1.807) is 6.07 Å². The van der Waals surface area contributed by atoms with Gasteiger partial charge >= 0.3 is 0 Å². The van der Waals surface area contributed by atoms with Gasteiger partial charge in [-0.05, 0) is 80.4 Å². The van der Waals surface area contributed by atoms with Crippen LogP contribution in [0.2, 0.25) is 5.02 Å². The second-order valence-electron chi connectivity index (χ2n) is 7.67. The Morgan fingerprint density at radius 3 is 2.56 bits per heavy atom. The van der Waals surface area contributed by atoms with Gasteiger partial charge in [-0.25, -0.2) is 4.39 Å². The second kappa shape index (κ2) is 8.40. The van der Waals surface area contributed by atoms with Crippen molar-refractivity contribution in [2.24, 2.45) is 17.8 Å². The maximum Gasteiger partial charge on any atom is 0.153 e. The van der Waals surface area contributed by atoms with Crippen molar-refractivity contribution in [1.82, 2.24) is 0 Å². The number of phenols is 1. The fourth-order valence-electron chi connectivity index (χ4n) is 4.62. The van der Waals surface area contributed by atoms with E-state index in [-0.39, 0.29) is 10.8 Å². The Labute approximate surface area is 155 Å². The fourth-order valence-corrected chi connectivity index (χ4v) is 4.78. The number of halogens is 2. The largest absolute Gasteiger partial charge is 0.506 e. The van der Waals surface area contributed by atoms with E-state index >= 15 is 0 Å². The molecular formula is C22H28ClFO. The quantitative estimate of drug-likeness (QED) is 0.552. The molecule has 1 unspecified atom stereocenters. The standard InChI is InChI=1S/C22H28ClFO/c1-2-3-4-15-5-7-16(8-6-15)17-9-11-18(12-10-17)19-13-14-20(25)21(23)22(19)24/h2,11,13-17,25H,1,3-10,12H2. The second-order valence-corrected chi connectivity index (χ2v) is 8.05. The SMILES string of the molecule is C=CCCC1CCC(C2CC=C(c3ccc(O)c(Cl)c3F)CC2)CC1. The van der Waals surface area contributed by atoms with Crippen molar-refractivity contribution in [2.45, 2.75) is 57.8 Å². The zero-order valence-corrected chi connectivity index (χ0v) is 15.6. The van der Waals surface area contributed by atoms with Gasteiger partial charge in [-0.1, -0.05) is 36.6 Å². The summed E-state index contributed by atoms with van der Waals surface area (Å²) < 4.78 is 14.3. The Morgan fingerprint density at radius 1 is 1.16 bits per heavy atom. The highest BCUT2D eigenvalue weighted by Gasteiger charge is 2.29.